The van der Waals surface area contributed by atoms with Gasteiger partial charge in [0, 0.05) is 12.2 Å². The Bertz CT molecular complexity index is 335. The van der Waals surface area contributed by atoms with Gasteiger partial charge in [0.05, 0.1) is 0 Å². The fraction of sp³-hybridized carbons (Fsp3) is 0.615. The first-order chi connectivity index (χ1) is 8.73. The Labute approximate surface area is 118 Å². The van der Waals surface area contributed by atoms with Gasteiger partial charge in [-0.25, -0.2) is 14.4 Å². The second-order valence-electron chi connectivity index (χ2n) is 5.69. The highest BCUT2D eigenvalue weighted by molar-refractivity contribution is 5.89. The quantitative estimate of drug-likeness (QED) is 0.593. The standard InChI is InChI=1S/C9H18O3.C4H4O4/c1-8(2,3)11-7(10)12-9(4,5)6;5-3(6)1-2-4(7)8/h1-6H3;1-2H,(H,5,6)(H,7,8)/b;2-1-. The zero-order valence-electron chi connectivity index (χ0n) is 12.6. The van der Waals surface area contributed by atoms with Crippen LogP contribution < -0.4 is 0 Å². The van der Waals surface area contributed by atoms with Crippen LogP contribution in [0.5, 0.6) is 0 Å². The molecule has 0 spiro atoms. The number of hydrogen-bond acceptors (Lipinski definition) is 5. The minimum Gasteiger partial charge on any atom is -0.478 e. The predicted octanol–water partition coefficient (Wildman–Crippen LogP) is 2.45. The molecule has 0 bridgehead atoms. The van der Waals surface area contributed by atoms with Crippen molar-refractivity contribution in [2.75, 3.05) is 0 Å². The number of carbonyl (C=O) groups is 3. The van der Waals surface area contributed by atoms with Crippen LogP contribution in [0.4, 0.5) is 4.79 Å². The van der Waals surface area contributed by atoms with Crippen LogP contribution in [0, 0.1) is 0 Å². The normalized spacial score (nSPS) is 11.3. The highest BCUT2D eigenvalue weighted by atomic mass is 16.7. The summed E-state index contributed by atoms with van der Waals surface area (Å²) in [6.45, 7) is 10.8. The van der Waals surface area contributed by atoms with Crippen LogP contribution in [0.2, 0.25) is 0 Å². The van der Waals surface area contributed by atoms with Crippen molar-refractivity contribution in [2.24, 2.45) is 0 Å². The van der Waals surface area contributed by atoms with Crippen molar-refractivity contribution in [3.8, 4) is 0 Å². The van der Waals surface area contributed by atoms with E-state index in [1.165, 1.54) is 0 Å². The van der Waals surface area contributed by atoms with E-state index in [-0.39, 0.29) is 0 Å². The summed E-state index contributed by atoms with van der Waals surface area (Å²) in [7, 11) is 0. The Balaban J connectivity index is 0. The highest BCUT2D eigenvalue weighted by Crippen LogP contribution is 2.13. The van der Waals surface area contributed by atoms with Gasteiger partial charge >= 0.3 is 18.1 Å². The zero-order chi connectivity index (χ0) is 16.6. The maximum atomic E-state index is 11.0. The van der Waals surface area contributed by atoms with Gasteiger partial charge in [-0.3, -0.25) is 0 Å². The van der Waals surface area contributed by atoms with Gasteiger partial charge in [-0.15, -0.1) is 0 Å². The lowest BCUT2D eigenvalue weighted by molar-refractivity contribution is -0.134. The minimum atomic E-state index is -1.26. The average molecular weight is 290 g/mol. The molecule has 2 N–H and O–H groups in total. The Hall–Kier alpha value is -2.05. The van der Waals surface area contributed by atoms with Crippen molar-refractivity contribution >= 4 is 18.1 Å². The third-order valence-corrected chi connectivity index (χ3v) is 1.15. The summed E-state index contributed by atoms with van der Waals surface area (Å²) in [6.07, 6.45) is 0.500. The van der Waals surface area contributed by atoms with E-state index in [2.05, 4.69) is 0 Å². The number of aliphatic carboxylic acids is 2. The molecule has 0 aliphatic rings. The van der Waals surface area contributed by atoms with E-state index in [9.17, 15) is 14.4 Å². The van der Waals surface area contributed by atoms with Crippen molar-refractivity contribution in [1.29, 1.82) is 0 Å². The largest absolute Gasteiger partial charge is 0.509 e. The maximum Gasteiger partial charge on any atom is 0.509 e. The van der Waals surface area contributed by atoms with Gasteiger partial charge in [-0.1, -0.05) is 0 Å². The lowest BCUT2D eigenvalue weighted by Gasteiger charge is -2.24. The number of carboxylic acids is 2. The molecular formula is C13H22O7. The van der Waals surface area contributed by atoms with Crippen molar-refractivity contribution in [1.82, 2.24) is 0 Å². The molecule has 0 saturated heterocycles. The molecule has 0 heterocycles. The lowest BCUT2D eigenvalue weighted by Crippen LogP contribution is -2.30. The SMILES string of the molecule is CC(C)(C)OC(=O)OC(C)(C)C.O=C(O)/C=C\C(=O)O. The third-order valence-electron chi connectivity index (χ3n) is 1.15. The molecule has 0 fully saturated rings. The van der Waals surface area contributed by atoms with Gasteiger partial charge in [-0.05, 0) is 41.5 Å². The fourth-order valence-corrected chi connectivity index (χ4v) is 0.663. The van der Waals surface area contributed by atoms with E-state index in [1.807, 2.05) is 0 Å². The summed E-state index contributed by atoms with van der Waals surface area (Å²) >= 11 is 0. The molecule has 0 saturated carbocycles. The molecule has 7 heteroatoms. The first-order valence-electron chi connectivity index (χ1n) is 5.79. The number of carbonyl (C=O) groups excluding carboxylic acids is 1. The molecular weight excluding hydrogens is 268 g/mol. The molecule has 0 radical (unpaired) electrons. The first-order valence-corrected chi connectivity index (χ1v) is 5.79. The molecule has 0 unspecified atom stereocenters. The van der Waals surface area contributed by atoms with E-state index in [0.717, 1.165) is 0 Å². The molecule has 0 aliphatic heterocycles. The second-order valence-corrected chi connectivity index (χ2v) is 5.69. The summed E-state index contributed by atoms with van der Waals surface area (Å²) in [6, 6.07) is 0. The van der Waals surface area contributed by atoms with Gasteiger partial charge in [0.1, 0.15) is 11.2 Å². The van der Waals surface area contributed by atoms with Gasteiger partial charge in [0.15, 0.2) is 0 Å². The van der Waals surface area contributed by atoms with Gasteiger partial charge in [0.25, 0.3) is 0 Å². The van der Waals surface area contributed by atoms with E-state index >= 15 is 0 Å². The molecule has 0 aromatic heterocycles. The van der Waals surface area contributed by atoms with Crippen LogP contribution in [-0.2, 0) is 19.1 Å². The summed E-state index contributed by atoms with van der Waals surface area (Å²) < 4.78 is 9.91. The topological polar surface area (TPSA) is 110 Å². The molecule has 0 aromatic rings. The number of ether oxygens (including phenoxy) is 2. The van der Waals surface area contributed by atoms with E-state index in [1.54, 1.807) is 41.5 Å². The molecule has 0 amide bonds. The van der Waals surface area contributed by atoms with Crippen LogP contribution in [-0.4, -0.2) is 39.5 Å². The van der Waals surface area contributed by atoms with Crippen molar-refractivity contribution in [3.63, 3.8) is 0 Å². The van der Waals surface area contributed by atoms with Crippen LogP contribution in [0.15, 0.2) is 12.2 Å². The van der Waals surface area contributed by atoms with Gasteiger partial charge < -0.3 is 19.7 Å². The Morgan fingerprint density at radius 3 is 1.15 bits per heavy atom. The molecule has 7 nitrogen and oxygen atoms in total. The smallest absolute Gasteiger partial charge is 0.478 e. The predicted molar refractivity (Wildman–Crippen MR) is 71.5 cm³/mol. The monoisotopic (exact) mass is 290 g/mol. The molecule has 0 aliphatic carbocycles. The molecule has 0 atom stereocenters. The van der Waals surface area contributed by atoms with Crippen LogP contribution >= 0.6 is 0 Å². The number of rotatable bonds is 2. The van der Waals surface area contributed by atoms with Gasteiger partial charge in [-0.2, -0.15) is 0 Å². The molecule has 116 valence electrons. The summed E-state index contributed by atoms with van der Waals surface area (Å²) in [4.78, 5) is 30.1. The van der Waals surface area contributed by atoms with Gasteiger partial charge in [0.2, 0.25) is 0 Å². The summed E-state index contributed by atoms with van der Waals surface area (Å²) in [5, 5.41) is 15.6. The van der Waals surface area contributed by atoms with E-state index in [0.29, 0.717) is 12.2 Å². The second kappa shape index (κ2) is 8.19. The number of hydrogen-bond donors (Lipinski definition) is 2. The Morgan fingerprint density at radius 1 is 0.750 bits per heavy atom. The maximum absolute atomic E-state index is 11.0. The Kier molecular flexibility index (Phi) is 8.30. The first kappa shape index (κ1) is 20.3. The van der Waals surface area contributed by atoms with Crippen LogP contribution in [0.1, 0.15) is 41.5 Å². The summed E-state index contributed by atoms with van der Waals surface area (Å²) in [5.74, 6) is -2.51. The molecule has 0 aromatic carbocycles. The Morgan fingerprint density at radius 2 is 1.00 bits per heavy atom. The zero-order valence-corrected chi connectivity index (χ0v) is 12.6. The van der Waals surface area contributed by atoms with Crippen LogP contribution in [0.3, 0.4) is 0 Å². The van der Waals surface area contributed by atoms with E-state index in [4.69, 9.17) is 19.7 Å². The average Bonchev–Trinajstić information content (AvgIpc) is 2.08. The lowest BCUT2D eigenvalue weighted by atomic mass is 10.2. The summed E-state index contributed by atoms with van der Waals surface area (Å²) in [5.41, 5.74) is -0.968. The number of carboxylic acid groups (broad SMARTS) is 2. The minimum absolute atomic E-state index is 0.484. The fourth-order valence-electron chi connectivity index (χ4n) is 0.663. The third kappa shape index (κ3) is 21.3. The van der Waals surface area contributed by atoms with Crippen molar-refractivity contribution in [2.45, 2.75) is 52.7 Å². The molecule has 0 rings (SSSR count). The van der Waals surface area contributed by atoms with Crippen molar-refractivity contribution < 1.29 is 34.1 Å². The van der Waals surface area contributed by atoms with E-state index < -0.39 is 29.3 Å². The van der Waals surface area contributed by atoms with Crippen LogP contribution in [0.25, 0.3) is 0 Å². The highest BCUT2D eigenvalue weighted by Gasteiger charge is 2.22. The molecule has 20 heavy (non-hydrogen) atoms. The van der Waals surface area contributed by atoms with Crippen molar-refractivity contribution in [3.05, 3.63) is 12.2 Å².